The minimum absolute atomic E-state index is 0.334. The van der Waals surface area contributed by atoms with Crippen LogP contribution in [0.4, 0.5) is 23.1 Å². The summed E-state index contributed by atoms with van der Waals surface area (Å²) in [7, 11) is 1.57. The molecule has 4 aromatic rings. The molecule has 0 aliphatic rings. The van der Waals surface area contributed by atoms with Gasteiger partial charge >= 0.3 is 0 Å². The molecule has 0 amide bonds. The fourth-order valence-corrected chi connectivity index (χ4v) is 2.76. The highest BCUT2D eigenvalue weighted by Crippen LogP contribution is 2.22. The molecule has 3 heterocycles. The highest BCUT2D eigenvalue weighted by molar-refractivity contribution is 5.79. The van der Waals surface area contributed by atoms with E-state index in [2.05, 4.69) is 36.6 Å². The van der Waals surface area contributed by atoms with Gasteiger partial charge in [-0.2, -0.15) is 0 Å². The molecular weight excluding hydrogens is 354 g/mol. The number of anilines is 4. The lowest BCUT2D eigenvalue weighted by atomic mass is 10.1. The number of nitrogen functional groups attached to an aromatic ring is 1. The number of hydrogen-bond acceptors (Lipinski definition) is 8. The van der Waals surface area contributed by atoms with Crippen LogP contribution in [0.25, 0.3) is 10.9 Å². The molecule has 4 N–H and O–H groups in total. The van der Waals surface area contributed by atoms with Gasteiger partial charge in [-0.05, 0) is 29.8 Å². The number of methoxy groups -OCH3 is 1. The number of fused-ring (bicyclic) bond motifs is 1. The molecule has 0 saturated carbocycles. The molecular formula is C20H19N7O. The number of aromatic nitrogens is 4. The average Bonchev–Trinajstić information content (AvgIpc) is 2.74. The molecule has 0 atom stereocenters. The third kappa shape index (κ3) is 3.90. The first kappa shape index (κ1) is 17.5. The van der Waals surface area contributed by atoms with Crippen molar-refractivity contribution in [3.05, 3.63) is 66.6 Å². The zero-order valence-corrected chi connectivity index (χ0v) is 15.3. The molecule has 3 aromatic heterocycles. The minimum Gasteiger partial charge on any atom is -0.481 e. The van der Waals surface area contributed by atoms with Gasteiger partial charge in [-0.1, -0.05) is 12.1 Å². The zero-order valence-electron chi connectivity index (χ0n) is 15.3. The Morgan fingerprint density at radius 3 is 2.86 bits per heavy atom. The summed E-state index contributed by atoms with van der Waals surface area (Å²) in [5, 5.41) is 7.50. The molecule has 0 aliphatic heterocycles. The Balaban J connectivity index is 1.50. The van der Waals surface area contributed by atoms with Crippen molar-refractivity contribution in [2.75, 3.05) is 23.5 Å². The molecule has 0 unspecified atom stereocenters. The summed E-state index contributed by atoms with van der Waals surface area (Å²) in [5.41, 5.74) is 8.83. The zero-order chi connectivity index (χ0) is 19.3. The summed E-state index contributed by atoms with van der Waals surface area (Å²) < 4.78 is 5.13. The van der Waals surface area contributed by atoms with Crippen LogP contribution in [0.3, 0.4) is 0 Å². The van der Waals surface area contributed by atoms with E-state index in [0.717, 1.165) is 22.2 Å². The predicted octanol–water partition coefficient (Wildman–Crippen LogP) is 3.37. The Bertz CT molecular complexity index is 1120. The Morgan fingerprint density at radius 1 is 1.04 bits per heavy atom. The van der Waals surface area contributed by atoms with E-state index in [0.29, 0.717) is 29.9 Å². The number of hydrogen-bond donors (Lipinski definition) is 3. The molecule has 0 fully saturated rings. The number of nitrogens with two attached hydrogens (primary N) is 1. The van der Waals surface area contributed by atoms with E-state index < -0.39 is 0 Å². The standard InChI is InChI=1S/C20H19N7O/c1-28-18-10-15(6-8-23-18)26-17-12-24-19(21)20(27-17)25-11-13-4-5-16-14(9-13)3-2-7-22-16/h2-10,12H,11H2,1H3,(H2,21,24)(H2,23,25,26,27). The van der Waals surface area contributed by atoms with Crippen LogP contribution in [-0.2, 0) is 6.54 Å². The van der Waals surface area contributed by atoms with Gasteiger partial charge in [-0.3, -0.25) is 4.98 Å². The van der Waals surface area contributed by atoms with Gasteiger partial charge in [0.25, 0.3) is 0 Å². The van der Waals surface area contributed by atoms with E-state index in [1.807, 2.05) is 30.3 Å². The largest absolute Gasteiger partial charge is 0.481 e. The SMILES string of the molecule is COc1cc(Nc2cnc(N)c(NCc3ccc4ncccc4c3)n2)ccn1. The lowest BCUT2D eigenvalue weighted by molar-refractivity contribution is 0.398. The van der Waals surface area contributed by atoms with Gasteiger partial charge in [0.05, 0.1) is 18.8 Å². The van der Waals surface area contributed by atoms with Crippen LogP contribution in [0.2, 0.25) is 0 Å². The molecule has 0 spiro atoms. The Kier molecular flexibility index (Phi) is 4.83. The fraction of sp³-hybridized carbons (Fsp3) is 0.100. The van der Waals surface area contributed by atoms with Crippen molar-refractivity contribution in [3.63, 3.8) is 0 Å². The minimum atomic E-state index is 0.334. The summed E-state index contributed by atoms with van der Waals surface area (Å²) in [6.07, 6.45) is 5.02. The Labute approximate surface area is 161 Å². The lowest BCUT2D eigenvalue weighted by Crippen LogP contribution is -2.08. The number of ether oxygens (including phenoxy) is 1. The van der Waals surface area contributed by atoms with E-state index in [1.165, 1.54) is 0 Å². The van der Waals surface area contributed by atoms with Gasteiger partial charge < -0.3 is 21.1 Å². The van der Waals surface area contributed by atoms with Gasteiger partial charge in [0.15, 0.2) is 17.5 Å². The van der Waals surface area contributed by atoms with Crippen molar-refractivity contribution in [2.45, 2.75) is 6.54 Å². The van der Waals surface area contributed by atoms with Crippen molar-refractivity contribution in [1.29, 1.82) is 0 Å². The van der Waals surface area contributed by atoms with Crippen molar-refractivity contribution in [3.8, 4) is 5.88 Å². The van der Waals surface area contributed by atoms with Crippen molar-refractivity contribution < 1.29 is 4.74 Å². The Hall–Kier alpha value is -3.94. The molecule has 0 bridgehead atoms. The monoisotopic (exact) mass is 373 g/mol. The molecule has 8 heteroatoms. The smallest absolute Gasteiger partial charge is 0.214 e. The number of rotatable bonds is 6. The van der Waals surface area contributed by atoms with Gasteiger partial charge in [0, 0.05) is 36.1 Å². The van der Waals surface area contributed by atoms with Gasteiger partial charge in [-0.15, -0.1) is 0 Å². The van der Waals surface area contributed by atoms with Gasteiger partial charge in [0.1, 0.15) is 0 Å². The lowest BCUT2D eigenvalue weighted by Gasteiger charge is -2.11. The van der Waals surface area contributed by atoms with E-state index in [1.54, 1.807) is 31.8 Å². The molecule has 4 rings (SSSR count). The first-order valence-electron chi connectivity index (χ1n) is 8.68. The summed E-state index contributed by atoms with van der Waals surface area (Å²) in [4.78, 5) is 17.1. The molecule has 0 saturated heterocycles. The maximum absolute atomic E-state index is 5.98. The van der Waals surface area contributed by atoms with Crippen molar-refractivity contribution >= 4 is 34.0 Å². The van der Waals surface area contributed by atoms with Crippen LogP contribution < -0.4 is 21.1 Å². The second-order valence-corrected chi connectivity index (χ2v) is 6.08. The maximum atomic E-state index is 5.98. The summed E-state index contributed by atoms with van der Waals surface area (Å²) in [5.74, 6) is 1.92. The van der Waals surface area contributed by atoms with Crippen LogP contribution in [0.1, 0.15) is 5.56 Å². The third-order valence-electron chi connectivity index (χ3n) is 4.14. The highest BCUT2D eigenvalue weighted by atomic mass is 16.5. The number of nitrogens with zero attached hydrogens (tertiary/aromatic N) is 4. The van der Waals surface area contributed by atoms with Gasteiger partial charge in [0.2, 0.25) is 5.88 Å². The molecule has 0 aliphatic carbocycles. The van der Waals surface area contributed by atoms with Gasteiger partial charge in [-0.25, -0.2) is 15.0 Å². The van der Waals surface area contributed by atoms with Crippen LogP contribution >= 0.6 is 0 Å². The van der Waals surface area contributed by atoms with Crippen LogP contribution in [0.5, 0.6) is 5.88 Å². The quantitative estimate of drug-likeness (QED) is 0.472. The van der Waals surface area contributed by atoms with E-state index in [4.69, 9.17) is 10.5 Å². The molecule has 8 nitrogen and oxygen atoms in total. The first-order valence-corrected chi connectivity index (χ1v) is 8.68. The summed E-state index contributed by atoms with van der Waals surface area (Å²) in [6.45, 7) is 0.566. The van der Waals surface area contributed by atoms with E-state index >= 15 is 0 Å². The first-order chi connectivity index (χ1) is 13.7. The van der Waals surface area contributed by atoms with Crippen molar-refractivity contribution in [1.82, 2.24) is 19.9 Å². The highest BCUT2D eigenvalue weighted by Gasteiger charge is 2.06. The van der Waals surface area contributed by atoms with E-state index in [-0.39, 0.29) is 0 Å². The number of benzene rings is 1. The average molecular weight is 373 g/mol. The molecule has 1 aromatic carbocycles. The van der Waals surface area contributed by atoms with E-state index in [9.17, 15) is 0 Å². The third-order valence-corrected chi connectivity index (χ3v) is 4.14. The number of nitrogens with one attached hydrogen (secondary N) is 2. The van der Waals surface area contributed by atoms with Crippen LogP contribution in [0, 0.1) is 0 Å². The summed E-state index contributed by atoms with van der Waals surface area (Å²) >= 11 is 0. The fourth-order valence-electron chi connectivity index (χ4n) is 2.76. The number of pyridine rings is 2. The Morgan fingerprint density at radius 2 is 1.96 bits per heavy atom. The molecule has 140 valence electrons. The maximum Gasteiger partial charge on any atom is 0.214 e. The summed E-state index contributed by atoms with van der Waals surface area (Å²) in [6, 6.07) is 13.7. The molecule has 28 heavy (non-hydrogen) atoms. The molecule has 0 radical (unpaired) electrons. The van der Waals surface area contributed by atoms with Crippen LogP contribution in [0.15, 0.2) is 61.1 Å². The van der Waals surface area contributed by atoms with Crippen LogP contribution in [-0.4, -0.2) is 27.0 Å². The van der Waals surface area contributed by atoms with Crippen molar-refractivity contribution in [2.24, 2.45) is 0 Å². The second-order valence-electron chi connectivity index (χ2n) is 6.08. The predicted molar refractivity (Wildman–Crippen MR) is 110 cm³/mol. The normalized spacial score (nSPS) is 10.6. The second kappa shape index (κ2) is 7.75. The topological polar surface area (TPSA) is 111 Å².